The number of carbonyl (C=O) groups is 1. The van der Waals surface area contributed by atoms with Gasteiger partial charge in [0.2, 0.25) is 0 Å². The molecule has 1 N–H and O–H groups in total. The monoisotopic (exact) mass is 150 g/mol. The van der Waals surface area contributed by atoms with Crippen LogP contribution in [-0.2, 0) is 9.53 Å². The Hall–Kier alpha value is -0.640. The minimum Gasteiger partial charge on any atom is -0.462 e. The van der Waals surface area contributed by atoms with Gasteiger partial charge in [-0.05, 0) is 6.42 Å². The number of carbonyl (C=O) groups excluding carboxylic acids is 1. The number of ether oxygens (including phenoxy) is 1. The van der Waals surface area contributed by atoms with Gasteiger partial charge in [-0.2, -0.15) is 0 Å². The van der Waals surface area contributed by atoms with E-state index in [0.717, 1.165) is 6.42 Å². The molecule has 0 radical (unpaired) electrons. The maximum Gasteiger partial charge on any atom is 0.368 e. The van der Waals surface area contributed by atoms with E-state index in [1.165, 1.54) is 0 Å². The molecule has 4 heteroatoms. The topological polar surface area (TPSA) is 46.5 Å². The van der Waals surface area contributed by atoms with Crippen LogP contribution < -0.4 is 0 Å². The maximum atomic E-state index is 11.6. The zero-order valence-corrected chi connectivity index (χ0v) is 5.84. The third-order valence-corrected chi connectivity index (χ3v) is 0.937. The van der Waals surface area contributed by atoms with Crippen LogP contribution in [0.15, 0.2) is 0 Å². The zero-order valence-electron chi connectivity index (χ0n) is 5.84. The van der Waals surface area contributed by atoms with Crippen molar-refractivity contribution in [2.24, 2.45) is 0 Å². The van der Waals surface area contributed by atoms with Gasteiger partial charge in [0.25, 0.3) is 6.36 Å². The molecule has 0 aromatic rings. The van der Waals surface area contributed by atoms with Gasteiger partial charge < -0.3 is 9.84 Å². The van der Waals surface area contributed by atoms with Crippen molar-refractivity contribution in [1.82, 2.24) is 0 Å². The fourth-order valence-corrected chi connectivity index (χ4v) is 0.386. The lowest BCUT2D eigenvalue weighted by Crippen LogP contribution is -2.18. The highest BCUT2D eigenvalue weighted by Gasteiger charge is 2.13. The number of halogens is 1. The summed E-state index contributed by atoms with van der Waals surface area (Å²) >= 11 is 0. The first-order chi connectivity index (χ1) is 4.68. The van der Waals surface area contributed by atoms with Crippen LogP contribution in [0.4, 0.5) is 4.39 Å². The number of aliphatic hydroxyl groups is 1. The van der Waals surface area contributed by atoms with Crippen molar-refractivity contribution in [1.29, 1.82) is 0 Å². The Balaban J connectivity index is 3.22. The van der Waals surface area contributed by atoms with E-state index in [4.69, 9.17) is 5.11 Å². The Morgan fingerprint density at radius 3 is 2.80 bits per heavy atom. The molecule has 0 aromatic carbocycles. The summed E-state index contributed by atoms with van der Waals surface area (Å²) in [4.78, 5) is 10.2. The second-order valence-electron chi connectivity index (χ2n) is 1.86. The SMILES string of the molecule is CCCCOC(=O)[C@H](O)F. The molecule has 60 valence electrons. The van der Waals surface area contributed by atoms with E-state index in [1.54, 1.807) is 0 Å². The van der Waals surface area contributed by atoms with Gasteiger partial charge in [0.1, 0.15) is 0 Å². The summed E-state index contributed by atoms with van der Waals surface area (Å²) < 4.78 is 15.9. The van der Waals surface area contributed by atoms with E-state index in [0.29, 0.717) is 6.42 Å². The molecule has 0 aliphatic heterocycles. The number of alkyl halides is 1. The van der Waals surface area contributed by atoms with Gasteiger partial charge in [-0.15, -0.1) is 0 Å². The van der Waals surface area contributed by atoms with E-state index < -0.39 is 12.3 Å². The van der Waals surface area contributed by atoms with E-state index in [1.807, 2.05) is 6.92 Å². The highest BCUT2D eigenvalue weighted by molar-refractivity contribution is 5.72. The molecule has 0 rings (SSSR count). The van der Waals surface area contributed by atoms with Crippen molar-refractivity contribution in [3.8, 4) is 0 Å². The predicted molar refractivity (Wildman–Crippen MR) is 33.0 cm³/mol. The molecule has 0 unspecified atom stereocenters. The summed E-state index contributed by atoms with van der Waals surface area (Å²) in [7, 11) is 0. The fourth-order valence-electron chi connectivity index (χ4n) is 0.386. The summed E-state index contributed by atoms with van der Waals surface area (Å²) in [6.45, 7) is 2.09. The molecular weight excluding hydrogens is 139 g/mol. The third-order valence-electron chi connectivity index (χ3n) is 0.937. The summed E-state index contributed by atoms with van der Waals surface area (Å²) in [5.41, 5.74) is 0. The van der Waals surface area contributed by atoms with E-state index in [9.17, 15) is 9.18 Å². The third kappa shape index (κ3) is 4.26. The van der Waals surface area contributed by atoms with Crippen molar-refractivity contribution < 1.29 is 19.0 Å². The molecule has 0 aliphatic rings. The lowest BCUT2D eigenvalue weighted by atomic mass is 10.4. The molecule has 0 aromatic heterocycles. The highest BCUT2D eigenvalue weighted by Crippen LogP contribution is 1.92. The summed E-state index contributed by atoms with van der Waals surface area (Å²) in [5, 5.41) is 7.98. The van der Waals surface area contributed by atoms with Gasteiger partial charge >= 0.3 is 5.97 Å². The average Bonchev–Trinajstić information content (AvgIpc) is 1.88. The minimum absolute atomic E-state index is 0.177. The van der Waals surface area contributed by atoms with Gasteiger partial charge in [-0.25, -0.2) is 9.18 Å². The Bertz CT molecular complexity index is 103. The van der Waals surface area contributed by atoms with Gasteiger partial charge in [0.05, 0.1) is 6.61 Å². The number of unbranched alkanes of at least 4 members (excludes halogenated alkanes) is 1. The molecule has 0 heterocycles. The quantitative estimate of drug-likeness (QED) is 0.472. The Morgan fingerprint density at radius 1 is 1.80 bits per heavy atom. The molecular formula is C6H11FO3. The van der Waals surface area contributed by atoms with Crippen molar-refractivity contribution >= 4 is 5.97 Å². The molecule has 0 saturated heterocycles. The molecule has 0 bridgehead atoms. The summed E-state index contributed by atoms with van der Waals surface area (Å²) in [6, 6.07) is 0. The van der Waals surface area contributed by atoms with Gasteiger partial charge in [-0.1, -0.05) is 13.3 Å². The zero-order chi connectivity index (χ0) is 7.98. The van der Waals surface area contributed by atoms with Crippen LogP contribution in [0.25, 0.3) is 0 Å². The molecule has 0 amide bonds. The smallest absolute Gasteiger partial charge is 0.368 e. The maximum absolute atomic E-state index is 11.6. The summed E-state index contributed by atoms with van der Waals surface area (Å²) in [5.74, 6) is -1.20. The number of rotatable bonds is 4. The van der Waals surface area contributed by atoms with Crippen LogP contribution >= 0.6 is 0 Å². The Morgan fingerprint density at radius 2 is 2.40 bits per heavy atom. The van der Waals surface area contributed by atoms with E-state index in [-0.39, 0.29) is 6.61 Å². The molecule has 10 heavy (non-hydrogen) atoms. The predicted octanol–water partition coefficient (Wildman–Crippen LogP) is 0.618. The van der Waals surface area contributed by atoms with Crippen LogP contribution in [0.5, 0.6) is 0 Å². The first-order valence-electron chi connectivity index (χ1n) is 3.17. The van der Waals surface area contributed by atoms with Gasteiger partial charge in [-0.3, -0.25) is 0 Å². The largest absolute Gasteiger partial charge is 0.462 e. The van der Waals surface area contributed by atoms with Gasteiger partial charge in [0, 0.05) is 0 Å². The average molecular weight is 150 g/mol. The number of aliphatic hydroxyl groups excluding tert-OH is 1. The summed E-state index contributed by atoms with van der Waals surface area (Å²) in [6.07, 6.45) is -0.925. The molecule has 0 spiro atoms. The van der Waals surface area contributed by atoms with Crippen LogP contribution in [0.3, 0.4) is 0 Å². The normalized spacial score (nSPS) is 12.7. The standard InChI is InChI=1S/C6H11FO3/c1-2-3-4-10-6(9)5(7)8/h5,8H,2-4H2,1H3/t5-/m0/s1. The van der Waals surface area contributed by atoms with Crippen molar-refractivity contribution in [2.75, 3.05) is 6.61 Å². The second kappa shape index (κ2) is 5.17. The Kier molecular flexibility index (Phi) is 4.84. The second-order valence-corrected chi connectivity index (χ2v) is 1.86. The number of hydrogen-bond donors (Lipinski definition) is 1. The van der Waals surface area contributed by atoms with Crippen molar-refractivity contribution in [3.05, 3.63) is 0 Å². The van der Waals surface area contributed by atoms with Gasteiger partial charge in [0.15, 0.2) is 0 Å². The molecule has 0 saturated carbocycles. The van der Waals surface area contributed by atoms with Crippen molar-refractivity contribution in [2.45, 2.75) is 26.1 Å². The van der Waals surface area contributed by atoms with Crippen LogP contribution in [0.2, 0.25) is 0 Å². The van der Waals surface area contributed by atoms with Crippen LogP contribution in [0.1, 0.15) is 19.8 Å². The Labute approximate surface area is 58.8 Å². The lowest BCUT2D eigenvalue weighted by molar-refractivity contribution is -0.163. The van der Waals surface area contributed by atoms with E-state index >= 15 is 0 Å². The molecule has 1 atom stereocenters. The highest BCUT2D eigenvalue weighted by atomic mass is 19.1. The first kappa shape index (κ1) is 9.36. The van der Waals surface area contributed by atoms with Crippen molar-refractivity contribution in [3.63, 3.8) is 0 Å². The number of esters is 1. The van der Waals surface area contributed by atoms with E-state index in [2.05, 4.69) is 4.74 Å². The van der Waals surface area contributed by atoms with Crippen LogP contribution in [-0.4, -0.2) is 24.0 Å². The fraction of sp³-hybridized carbons (Fsp3) is 0.833. The minimum atomic E-state index is -2.49. The first-order valence-corrected chi connectivity index (χ1v) is 3.17. The molecule has 0 fully saturated rings. The number of hydrogen-bond acceptors (Lipinski definition) is 3. The molecule has 3 nitrogen and oxygen atoms in total. The molecule has 0 aliphatic carbocycles. The van der Waals surface area contributed by atoms with Crippen LogP contribution in [0, 0.1) is 0 Å². The lowest BCUT2D eigenvalue weighted by Gasteiger charge is -2.01.